The Morgan fingerprint density at radius 1 is 1.25 bits per heavy atom. The van der Waals surface area contributed by atoms with Gasteiger partial charge in [0.15, 0.2) is 5.16 Å². The first-order valence-corrected chi connectivity index (χ1v) is 9.78. The molecule has 2 heterocycles. The number of benzene rings is 1. The predicted octanol–water partition coefficient (Wildman–Crippen LogP) is 1.91. The number of aromatic nitrogens is 4. The number of aromatic amines is 1. The molecule has 0 bridgehead atoms. The van der Waals surface area contributed by atoms with Crippen LogP contribution in [0.5, 0.6) is 0 Å². The van der Waals surface area contributed by atoms with E-state index in [0.29, 0.717) is 12.1 Å². The van der Waals surface area contributed by atoms with Crippen molar-refractivity contribution in [3.05, 3.63) is 54.1 Å². The second-order valence-electron chi connectivity index (χ2n) is 6.69. The summed E-state index contributed by atoms with van der Waals surface area (Å²) in [4.78, 5) is 29.7. The van der Waals surface area contributed by atoms with Gasteiger partial charge in [0.25, 0.3) is 0 Å². The molecular formula is C19H20N6O2S. The van der Waals surface area contributed by atoms with Crippen molar-refractivity contribution < 1.29 is 9.59 Å². The maximum Gasteiger partial charge on any atom is 0.313 e. The van der Waals surface area contributed by atoms with E-state index in [-0.39, 0.29) is 6.04 Å². The quantitative estimate of drug-likeness (QED) is 0.585. The molecule has 0 aliphatic heterocycles. The van der Waals surface area contributed by atoms with Gasteiger partial charge in [-0.2, -0.15) is 5.10 Å². The van der Waals surface area contributed by atoms with Crippen molar-refractivity contribution in [3.63, 3.8) is 0 Å². The molecule has 144 valence electrons. The minimum Gasteiger partial charge on any atom is -0.345 e. The molecule has 3 aromatic rings. The van der Waals surface area contributed by atoms with Crippen molar-refractivity contribution in [1.82, 2.24) is 25.1 Å². The Labute approximate surface area is 166 Å². The fourth-order valence-electron chi connectivity index (χ4n) is 3.14. The molecule has 1 aliphatic carbocycles. The summed E-state index contributed by atoms with van der Waals surface area (Å²) in [6.45, 7) is 0. The van der Waals surface area contributed by atoms with Gasteiger partial charge in [-0.3, -0.25) is 14.7 Å². The van der Waals surface area contributed by atoms with E-state index in [0.717, 1.165) is 34.2 Å². The van der Waals surface area contributed by atoms with Gasteiger partial charge >= 0.3 is 11.8 Å². The smallest absolute Gasteiger partial charge is 0.313 e. The Hall–Kier alpha value is -3.07. The van der Waals surface area contributed by atoms with Crippen LogP contribution in [-0.4, -0.2) is 37.6 Å². The summed E-state index contributed by atoms with van der Waals surface area (Å²) in [5.74, 6) is -1.29. The van der Waals surface area contributed by atoms with Gasteiger partial charge in [0, 0.05) is 41.8 Å². The lowest BCUT2D eigenvalue weighted by molar-refractivity contribution is -0.136. The lowest BCUT2D eigenvalue weighted by atomic mass is 9.93. The summed E-state index contributed by atoms with van der Waals surface area (Å²) in [5.41, 5.74) is 2.78. The van der Waals surface area contributed by atoms with Crippen molar-refractivity contribution in [2.75, 3.05) is 5.32 Å². The number of nitrogens with one attached hydrogen (secondary N) is 3. The number of amides is 2. The van der Waals surface area contributed by atoms with Crippen LogP contribution in [-0.2, 0) is 29.5 Å². The zero-order chi connectivity index (χ0) is 19.5. The molecule has 0 fully saturated rings. The summed E-state index contributed by atoms with van der Waals surface area (Å²) in [6, 6.07) is 7.26. The molecule has 2 amide bonds. The summed E-state index contributed by atoms with van der Waals surface area (Å²) in [7, 11) is 1.93. The van der Waals surface area contributed by atoms with Crippen LogP contribution >= 0.6 is 11.8 Å². The zero-order valence-electron chi connectivity index (χ0n) is 15.3. The Morgan fingerprint density at radius 3 is 2.82 bits per heavy atom. The number of imidazole rings is 1. The van der Waals surface area contributed by atoms with Gasteiger partial charge in [-0.15, -0.1) is 0 Å². The summed E-state index contributed by atoms with van der Waals surface area (Å²) in [5, 5.41) is 13.3. The SMILES string of the molecule is Cn1ccnc1Sc1ccc(NC(=O)C(=O)N[C@H]2CCc3[nH]ncc3C2)cc1. The van der Waals surface area contributed by atoms with E-state index in [1.807, 2.05) is 29.9 Å². The molecular weight excluding hydrogens is 376 g/mol. The molecule has 1 aromatic carbocycles. The topological polar surface area (TPSA) is 105 Å². The van der Waals surface area contributed by atoms with Gasteiger partial charge in [-0.25, -0.2) is 4.98 Å². The van der Waals surface area contributed by atoms with Crippen molar-refractivity contribution in [2.45, 2.75) is 35.4 Å². The second kappa shape index (κ2) is 7.89. The number of nitrogens with zero attached hydrogens (tertiary/aromatic N) is 3. The molecule has 8 nitrogen and oxygen atoms in total. The highest BCUT2D eigenvalue weighted by molar-refractivity contribution is 7.99. The molecule has 0 unspecified atom stereocenters. The molecule has 9 heteroatoms. The summed E-state index contributed by atoms with van der Waals surface area (Å²) >= 11 is 1.53. The largest absolute Gasteiger partial charge is 0.345 e. The molecule has 3 N–H and O–H groups in total. The number of carbonyl (C=O) groups is 2. The average molecular weight is 396 g/mol. The Balaban J connectivity index is 1.30. The summed E-state index contributed by atoms with van der Waals surface area (Å²) < 4.78 is 1.93. The van der Waals surface area contributed by atoms with Crippen molar-refractivity contribution >= 4 is 29.3 Å². The number of carbonyl (C=O) groups excluding carboxylic acids is 2. The van der Waals surface area contributed by atoms with E-state index in [1.165, 1.54) is 11.8 Å². The zero-order valence-corrected chi connectivity index (χ0v) is 16.1. The number of anilines is 1. The lowest BCUT2D eigenvalue weighted by Gasteiger charge is -2.22. The average Bonchev–Trinajstić information content (AvgIpc) is 3.32. The van der Waals surface area contributed by atoms with Gasteiger partial charge in [0.1, 0.15) is 0 Å². The third kappa shape index (κ3) is 4.09. The molecule has 4 rings (SSSR count). The number of hydrogen-bond donors (Lipinski definition) is 3. The first-order valence-electron chi connectivity index (χ1n) is 8.96. The van der Waals surface area contributed by atoms with E-state index >= 15 is 0 Å². The molecule has 28 heavy (non-hydrogen) atoms. The Bertz CT molecular complexity index is 994. The van der Waals surface area contributed by atoms with Crippen LogP contribution in [0, 0.1) is 0 Å². The van der Waals surface area contributed by atoms with Crippen molar-refractivity contribution in [2.24, 2.45) is 7.05 Å². The maximum absolute atomic E-state index is 12.2. The van der Waals surface area contributed by atoms with Gasteiger partial charge in [-0.05, 0) is 49.1 Å². The van der Waals surface area contributed by atoms with E-state index in [2.05, 4.69) is 25.8 Å². The van der Waals surface area contributed by atoms with Gasteiger partial charge in [0.05, 0.1) is 6.20 Å². The van der Waals surface area contributed by atoms with Crippen LogP contribution in [0.2, 0.25) is 0 Å². The molecule has 0 saturated heterocycles. The van der Waals surface area contributed by atoms with E-state index in [9.17, 15) is 9.59 Å². The lowest BCUT2D eigenvalue weighted by Crippen LogP contribution is -2.44. The van der Waals surface area contributed by atoms with E-state index < -0.39 is 11.8 Å². The van der Waals surface area contributed by atoms with Crippen molar-refractivity contribution in [3.8, 4) is 0 Å². The monoisotopic (exact) mass is 396 g/mol. The minimum absolute atomic E-state index is 0.0556. The normalized spacial score (nSPS) is 15.7. The molecule has 1 aliphatic rings. The second-order valence-corrected chi connectivity index (χ2v) is 7.73. The fourth-order valence-corrected chi connectivity index (χ4v) is 3.94. The van der Waals surface area contributed by atoms with Crippen molar-refractivity contribution in [1.29, 1.82) is 0 Å². The van der Waals surface area contributed by atoms with Crippen LogP contribution < -0.4 is 10.6 Å². The van der Waals surface area contributed by atoms with Gasteiger partial charge in [-0.1, -0.05) is 11.8 Å². The predicted molar refractivity (Wildman–Crippen MR) is 105 cm³/mol. The molecule has 1 atom stereocenters. The first kappa shape index (κ1) is 18.3. The standard InChI is InChI=1S/C19H20N6O2S/c1-25-9-8-20-19(25)28-15-5-2-13(3-6-15)22-17(26)18(27)23-14-4-7-16-12(10-14)11-21-24-16/h2-3,5-6,8-9,11,14H,4,7,10H2,1H3,(H,21,24)(H,22,26)(H,23,27)/t14-/m0/s1. The number of aryl methyl sites for hydroxylation is 2. The fraction of sp³-hybridized carbons (Fsp3) is 0.263. The highest BCUT2D eigenvalue weighted by Gasteiger charge is 2.24. The third-order valence-corrected chi connectivity index (χ3v) is 5.74. The highest BCUT2D eigenvalue weighted by Crippen LogP contribution is 2.26. The summed E-state index contributed by atoms with van der Waals surface area (Å²) in [6.07, 6.45) is 7.69. The molecule has 2 aromatic heterocycles. The van der Waals surface area contributed by atoms with Crippen LogP contribution in [0.25, 0.3) is 0 Å². The highest BCUT2D eigenvalue weighted by atomic mass is 32.2. The van der Waals surface area contributed by atoms with Gasteiger partial charge < -0.3 is 15.2 Å². The minimum atomic E-state index is -0.664. The number of H-pyrrole nitrogens is 1. The van der Waals surface area contributed by atoms with E-state index in [4.69, 9.17) is 0 Å². The Kier molecular flexibility index (Phi) is 5.16. The molecule has 0 radical (unpaired) electrons. The van der Waals surface area contributed by atoms with Crippen LogP contribution in [0.4, 0.5) is 5.69 Å². The first-order chi connectivity index (χ1) is 13.6. The molecule has 0 spiro atoms. The van der Waals surface area contributed by atoms with Crippen LogP contribution in [0.15, 0.2) is 52.9 Å². The van der Waals surface area contributed by atoms with E-state index in [1.54, 1.807) is 24.5 Å². The van der Waals surface area contributed by atoms with Gasteiger partial charge in [0.2, 0.25) is 0 Å². The van der Waals surface area contributed by atoms with Crippen LogP contribution in [0.1, 0.15) is 17.7 Å². The third-order valence-electron chi connectivity index (χ3n) is 4.66. The van der Waals surface area contributed by atoms with Crippen LogP contribution in [0.3, 0.4) is 0 Å². The number of fused-ring (bicyclic) bond motifs is 1. The molecule has 0 saturated carbocycles. The maximum atomic E-state index is 12.2. The number of rotatable bonds is 4. The Morgan fingerprint density at radius 2 is 2.07 bits per heavy atom. The number of hydrogen-bond acceptors (Lipinski definition) is 5.